The molecule has 1 heterocycles. The zero-order chi connectivity index (χ0) is 22.6. The van der Waals surface area contributed by atoms with Crippen molar-refractivity contribution in [2.75, 3.05) is 13.1 Å². The molecule has 0 saturated heterocycles. The van der Waals surface area contributed by atoms with Crippen LogP contribution in [0.2, 0.25) is 0 Å². The van der Waals surface area contributed by atoms with Crippen molar-refractivity contribution in [3.8, 4) is 0 Å². The van der Waals surface area contributed by atoms with Gasteiger partial charge in [-0.2, -0.15) is 4.31 Å². The van der Waals surface area contributed by atoms with E-state index in [2.05, 4.69) is 15.6 Å². The molecule has 1 aromatic heterocycles. The normalized spacial score (nSPS) is 12.8. The third-order valence-electron chi connectivity index (χ3n) is 5.02. The van der Waals surface area contributed by atoms with E-state index in [0.717, 1.165) is 10.2 Å². The van der Waals surface area contributed by atoms with Crippen LogP contribution >= 0.6 is 0 Å². The van der Waals surface area contributed by atoms with E-state index < -0.39 is 15.9 Å². The van der Waals surface area contributed by atoms with E-state index in [0.29, 0.717) is 24.0 Å². The molecule has 0 spiro atoms. The van der Waals surface area contributed by atoms with Gasteiger partial charge in [0.25, 0.3) is 5.56 Å². The molecule has 0 radical (unpaired) electrons. The molecule has 1 atom stereocenters. The van der Waals surface area contributed by atoms with Gasteiger partial charge in [0.15, 0.2) is 0 Å². The lowest BCUT2D eigenvalue weighted by Crippen LogP contribution is -2.35. The second kappa shape index (κ2) is 9.36. The second-order valence-electron chi connectivity index (χ2n) is 7.02. The molecule has 0 bridgehead atoms. The highest BCUT2D eigenvalue weighted by Crippen LogP contribution is 2.19. The number of nitrogens with one attached hydrogen (secondary N) is 1. The standard InChI is InChI=1S/C21H25N5O4S/c1-4-25(5-2)31(29,30)17-12-10-16(11-13-17)15(3)22-20(27)14-26-21(28)18-8-6-7-9-19(18)23-24-26/h6-13,15H,4-5,14H2,1-3H3,(H,22,27)/t15-/m1/s1. The molecule has 0 aliphatic rings. The maximum absolute atomic E-state index is 12.6. The van der Waals surface area contributed by atoms with Gasteiger partial charge in [0, 0.05) is 13.1 Å². The summed E-state index contributed by atoms with van der Waals surface area (Å²) in [4.78, 5) is 25.1. The Hall–Kier alpha value is -3.11. The van der Waals surface area contributed by atoms with Crippen molar-refractivity contribution in [2.24, 2.45) is 0 Å². The third-order valence-corrected chi connectivity index (χ3v) is 7.09. The molecular weight excluding hydrogens is 418 g/mol. The number of carbonyl (C=O) groups is 1. The van der Waals surface area contributed by atoms with E-state index in [9.17, 15) is 18.0 Å². The van der Waals surface area contributed by atoms with E-state index in [1.54, 1.807) is 57.2 Å². The zero-order valence-corrected chi connectivity index (χ0v) is 18.5. The average Bonchev–Trinajstić information content (AvgIpc) is 2.76. The first-order valence-corrected chi connectivity index (χ1v) is 11.4. The van der Waals surface area contributed by atoms with E-state index in [1.165, 1.54) is 16.4 Å². The third kappa shape index (κ3) is 4.80. The summed E-state index contributed by atoms with van der Waals surface area (Å²) in [5.74, 6) is -0.404. The average molecular weight is 444 g/mol. The van der Waals surface area contributed by atoms with Gasteiger partial charge in [-0.3, -0.25) is 9.59 Å². The Labute approximate surface area is 180 Å². The summed E-state index contributed by atoms with van der Waals surface area (Å²) >= 11 is 0. The van der Waals surface area contributed by atoms with Gasteiger partial charge in [-0.25, -0.2) is 13.1 Å². The van der Waals surface area contributed by atoms with Crippen LogP contribution < -0.4 is 10.9 Å². The SMILES string of the molecule is CCN(CC)S(=O)(=O)c1ccc([C@@H](C)NC(=O)Cn2nnc3ccccc3c2=O)cc1. The Morgan fingerprint density at radius 2 is 1.74 bits per heavy atom. The molecule has 0 saturated carbocycles. The number of nitrogens with zero attached hydrogens (tertiary/aromatic N) is 4. The number of rotatable bonds is 8. The summed E-state index contributed by atoms with van der Waals surface area (Å²) in [6.07, 6.45) is 0. The van der Waals surface area contributed by atoms with Crippen molar-refractivity contribution in [3.05, 3.63) is 64.4 Å². The first-order chi connectivity index (χ1) is 14.8. The quantitative estimate of drug-likeness (QED) is 0.567. The summed E-state index contributed by atoms with van der Waals surface area (Å²) in [5, 5.41) is 11.0. The van der Waals surface area contributed by atoms with Gasteiger partial charge in [0.2, 0.25) is 15.9 Å². The highest BCUT2D eigenvalue weighted by atomic mass is 32.2. The molecule has 0 aliphatic heterocycles. The van der Waals surface area contributed by atoms with E-state index in [-0.39, 0.29) is 23.0 Å². The lowest BCUT2D eigenvalue weighted by atomic mass is 10.1. The Morgan fingerprint density at radius 3 is 2.39 bits per heavy atom. The predicted octanol–water partition coefficient (Wildman–Crippen LogP) is 1.70. The fourth-order valence-corrected chi connectivity index (χ4v) is 4.73. The predicted molar refractivity (Wildman–Crippen MR) is 117 cm³/mol. The summed E-state index contributed by atoms with van der Waals surface area (Å²) in [6.45, 7) is 5.88. The lowest BCUT2D eigenvalue weighted by Gasteiger charge is -2.19. The minimum atomic E-state index is -3.54. The van der Waals surface area contributed by atoms with Gasteiger partial charge in [0.05, 0.1) is 16.3 Å². The molecule has 164 valence electrons. The van der Waals surface area contributed by atoms with Gasteiger partial charge in [-0.1, -0.05) is 43.3 Å². The van der Waals surface area contributed by atoms with Gasteiger partial charge >= 0.3 is 0 Å². The number of amides is 1. The van der Waals surface area contributed by atoms with Gasteiger partial charge in [0.1, 0.15) is 12.1 Å². The fourth-order valence-electron chi connectivity index (χ4n) is 3.27. The summed E-state index contributed by atoms with van der Waals surface area (Å²) in [5.41, 5.74) is 0.820. The molecule has 0 unspecified atom stereocenters. The van der Waals surface area contributed by atoms with Crippen LogP contribution in [0.25, 0.3) is 10.9 Å². The van der Waals surface area contributed by atoms with Crippen LogP contribution in [0.15, 0.2) is 58.2 Å². The molecule has 2 aromatic carbocycles. The number of aromatic nitrogens is 3. The summed E-state index contributed by atoms with van der Waals surface area (Å²) < 4.78 is 27.6. The molecule has 1 amide bonds. The molecule has 1 N–H and O–H groups in total. The van der Waals surface area contributed by atoms with Crippen LogP contribution in [-0.4, -0.2) is 46.7 Å². The van der Waals surface area contributed by atoms with Crippen LogP contribution in [0.1, 0.15) is 32.4 Å². The van der Waals surface area contributed by atoms with Crippen molar-refractivity contribution in [2.45, 2.75) is 38.3 Å². The number of fused-ring (bicyclic) bond motifs is 1. The largest absolute Gasteiger partial charge is 0.348 e. The van der Waals surface area contributed by atoms with Crippen LogP contribution in [0.4, 0.5) is 0 Å². The topological polar surface area (TPSA) is 114 Å². The van der Waals surface area contributed by atoms with Crippen molar-refractivity contribution in [3.63, 3.8) is 0 Å². The molecule has 3 rings (SSSR count). The van der Waals surface area contributed by atoms with Gasteiger partial charge in [-0.05, 0) is 36.8 Å². The summed E-state index contributed by atoms with van der Waals surface area (Å²) in [6, 6.07) is 12.8. The Balaban J connectivity index is 1.70. The highest BCUT2D eigenvalue weighted by molar-refractivity contribution is 7.89. The number of hydrogen-bond acceptors (Lipinski definition) is 6. The van der Waals surface area contributed by atoms with Crippen LogP contribution in [0, 0.1) is 0 Å². The zero-order valence-electron chi connectivity index (χ0n) is 17.6. The summed E-state index contributed by atoms with van der Waals surface area (Å²) in [7, 11) is -3.54. The molecule has 10 heteroatoms. The smallest absolute Gasteiger partial charge is 0.278 e. The minimum Gasteiger partial charge on any atom is -0.348 e. The van der Waals surface area contributed by atoms with E-state index in [4.69, 9.17) is 0 Å². The van der Waals surface area contributed by atoms with Crippen molar-refractivity contribution in [1.82, 2.24) is 24.6 Å². The van der Waals surface area contributed by atoms with Crippen molar-refractivity contribution < 1.29 is 13.2 Å². The van der Waals surface area contributed by atoms with Gasteiger partial charge < -0.3 is 5.32 Å². The van der Waals surface area contributed by atoms with Gasteiger partial charge in [-0.15, -0.1) is 5.10 Å². The number of sulfonamides is 1. The number of hydrogen-bond donors (Lipinski definition) is 1. The molecular formula is C21H25N5O4S. The monoisotopic (exact) mass is 443 g/mol. The van der Waals surface area contributed by atoms with Crippen molar-refractivity contribution >= 4 is 26.8 Å². The molecule has 31 heavy (non-hydrogen) atoms. The number of benzene rings is 2. The molecule has 0 fully saturated rings. The van der Waals surface area contributed by atoms with Crippen LogP contribution in [0.3, 0.4) is 0 Å². The van der Waals surface area contributed by atoms with Crippen LogP contribution in [-0.2, 0) is 21.4 Å². The molecule has 3 aromatic rings. The van der Waals surface area contributed by atoms with Crippen LogP contribution in [0.5, 0.6) is 0 Å². The Kier molecular flexibility index (Phi) is 6.81. The second-order valence-corrected chi connectivity index (χ2v) is 8.95. The maximum atomic E-state index is 12.6. The lowest BCUT2D eigenvalue weighted by molar-refractivity contribution is -0.122. The highest BCUT2D eigenvalue weighted by Gasteiger charge is 2.22. The molecule has 9 nitrogen and oxygen atoms in total. The minimum absolute atomic E-state index is 0.205. The Morgan fingerprint density at radius 1 is 1.10 bits per heavy atom. The van der Waals surface area contributed by atoms with E-state index >= 15 is 0 Å². The number of carbonyl (C=O) groups excluding carboxylic acids is 1. The Bertz CT molecular complexity index is 1230. The first kappa shape index (κ1) is 22.6. The maximum Gasteiger partial charge on any atom is 0.278 e. The van der Waals surface area contributed by atoms with Crippen molar-refractivity contribution in [1.29, 1.82) is 0 Å². The fraction of sp³-hybridized carbons (Fsp3) is 0.333. The molecule has 0 aliphatic carbocycles. The first-order valence-electron chi connectivity index (χ1n) is 10.00. The van der Waals surface area contributed by atoms with E-state index in [1.807, 2.05) is 0 Å².